The molecular weight excluding hydrogens is 360 g/mol. The van der Waals surface area contributed by atoms with Gasteiger partial charge in [-0.05, 0) is 56.2 Å². The van der Waals surface area contributed by atoms with Crippen LogP contribution in [0.4, 0.5) is 5.82 Å². The number of aromatic nitrogens is 3. The Morgan fingerprint density at radius 3 is 2.59 bits per heavy atom. The molecule has 1 amide bonds. The first-order valence-corrected chi connectivity index (χ1v) is 9.48. The van der Waals surface area contributed by atoms with Crippen LogP contribution in [0.3, 0.4) is 0 Å². The maximum absolute atomic E-state index is 12.5. The number of fused-ring (bicyclic) bond motifs is 1. The van der Waals surface area contributed by atoms with E-state index in [4.69, 9.17) is 4.98 Å². The highest BCUT2D eigenvalue weighted by Crippen LogP contribution is 2.26. The van der Waals surface area contributed by atoms with Crippen molar-refractivity contribution >= 4 is 23.4 Å². The summed E-state index contributed by atoms with van der Waals surface area (Å²) in [6, 6.07) is 16.1. The molecule has 0 unspecified atom stereocenters. The Morgan fingerprint density at radius 2 is 1.83 bits per heavy atom. The Balaban J connectivity index is 1.72. The summed E-state index contributed by atoms with van der Waals surface area (Å²) < 4.78 is 2.00. The second-order valence-corrected chi connectivity index (χ2v) is 7.14. The van der Waals surface area contributed by atoms with Crippen LogP contribution in [0.15, 0.2) is 67.0 Å². The van der Waals surface area contributed by atoms with Crippen molar-refractivity contribution in [3.05, 3.63) is 89.4 Å². The molecule has 4 rings (SSSR count). The fourth-order valence-corrected chi connectivity index (χ4v) is 3.18. The van der Waals surface area contributed by atoms with Crippen LogP contribution >= 0.6 is 0 Å². The lowest BCUT2D eigenvalue weighted by atomic mass is 10.1. The molecule has 0 aliphatic heterocycles. The van der Waals surface area contributed by atoms with E-state index in [0.717, 1.165) is 33.7 Å². The maximum atomic E-state index is 12.5. The molecule has 5 heteroatoms. The van der Waals surface area contributed by atoms with Crippen LogP contribution < -0.4 is 5.32 Å². The summed E-state index contributed by atoms with van der Waals surface area (Å²) >= 11 is 0. The van der Waals surface area contributed by atoms with Gasteiger partial charge in [-0.1, -0.05) is 35.9 Å². The smallest absolute Gasteiger partial charge is 0.249 e. The molecule has 1 aromatic carbocycles. The van der Waals surface area contributed by atoms with E-state index >= 15 is 0 Å². The predicted molar refractivity (Wildman–Crippen MR) is 117 cm³/mol. The lowest BCUT2D eigenvalue weighted by Crippen LogP contribution is -2.10. The zero-order valence-electron chi connectivity index (χ0n) is 16.7. The van der Waals surface area contributed by atoms with E-state index in [2.05, 4.69) is 41.5 Å². The SMILES string of the molecule is Cc1ccc(-c2nc3cc(C)ccn3c2/C=C/C(=O)Nc2ncccc2C)cc1. The van der Waals surface area contributed by atoms with E-state index in [1.165, 1.54) is 11.6 Å². The molecule has 3 aromatic heterocycles. The minimum atomic E-state index is -0.233. The number of nitrogens with one attached hydrogen (secondary N) is 1. The number of hydrogen-bond acceptors (Lipinski definition) is 3. The molecule has 0 bridgehead atoms. The quantitative estimate of drug-likeness (QED) is 0.507. The summed E-state index contributed by atoms with van der Waals surface area (Å²) in [6.07, 6.45) is 6.97. The second-order valence-electron chi connectivity index (χ2n) is 7.14. The highest BCUT2D eigenvalue weighted by Gasteiger charge is 2.13. The van der Waals surface area contributed by atoms with Gasteiger partial charge in [-0.2, -0.15) is 0 Å². The first kappa shape index (κ1) is 18.6. The zero-order chi connectivity index (χ0) is 20.4. The molecule has 3 heterocycles. The number of carbonyl (C=O) groups is 1. The number of hydrogen-bond donors (Lipinski definition) is 1. The molecule has 0 saturated heterocycles. The normalized spacial score (nSPS) is 11.3. The molecule has 4 aromatic rings. The number of rotatable bonds is 4. The average molecular weight is 382 g/mol. The molecule has 0 aliphatic carbocycles. The molecule has 0 atom stereocenters. The van der Waals surface area contributed by atoms with Crippen molar-refractivity contribution in [1.29, 1.82) is 0 Å². The van der Waals surface area contributed by atoms with Gasteiger partial charge in [0.15, 0.2) is 0 Å². The van der Waals surface area contributed by atoms with Crippen LogP contribution in [-0.4, -0.2) is 20.3 Å². The Morgan fingerprint density at radius 1 is 1.03 bits per heavy atom. The molecule has 0 spiro atoms. The van der Waals surface area contributed by atoms with Gasteiger partial charge in [0.1, 0.15) is 11.5 Å². The fraction of sp³-hybridized carbons (Fsp3) is 0.125. The Bertz CT molecular complexity index is 1220. The van der Waals surface area contributed by atoms with Gasteiger partial charge in [0.05, 0.1) is 11.4 Å². The summed E-state index contributed by atoms with van der Waals surface area (Å²) in [7, 11) is 0. The van der Waals surface area contributed by atoms with E-state index in [1.54, 1.807) is 12.3 Å². The van der Waals surface area contributed by atoms with Crippen LogP contribution in [0, 0.1) is 20.8 Å². The number of anilines is 1. The third-order valence-corrected chi connectivity index (χ3v) is 4.79. The Kier molecular flexibility index (Phi) is 4.96. The van der Waals surface area contributed by atoms with Gasteiger partial charge in [-0.15, -0.1) is 0 Å². The Hall–Kier alpha value is -3.73. The minimum absolute atomic E-state index is 0.233. The van der Waals surface area contributed by atoms with Gasteiger partial charge in [-0.3, -0.25) is 9.20 Å². The number of pyridine rings is 2. The van der Waals surface area contributed by atoms with Crippen molar-refractivity contribution in [2.24, 2.45) is 0 Å². The summed E-state index contributed by atoms with van der Waals surface area (Å²) in [4.78, 5) is 21.5. The van der Waals surface area contributed by atoms with Crippen LogP contribution in [0.5, 0.6) is 0 Å². The molecule has 5 nitrogen and oxygen atoms in total. The number of aryl methyl sites for hydroxylation is 3. The van der Waals surface area contributed by atoms with Gasteiger partial charge in [0, 0.05) is 24.0 Å². The number of nitrogens with zero attached hydrogens (tertiary/aromatic N) is 3. The first-order valence-electron chi connectivity index (χ1n) is 9.48. The van der Waals surface area contributed by atoms with Crippen molar-refractivity contribution in [1.82, 2.24) is 14.4 Å². The molecule has 1 N–H and O–H groups in total. The van der Waals surface area contributed by atoms with E-state index in [0.29, 0.717) is 5.82 Å². The molecule has 0 aliphatic rings. The number of amides is 1. The summed E-state index contributed by atoms with van der Waals surface area (Å²) in [5.41, 5.74) is 6.80. The van der Waals surface area contributed by atoms with Crippen molar-refractivity contribution in [3.8, 4) is 11.3 Å². The van der Waals surface area contributed by atoms with E-state index in [-0.39, 0.29) is 5.91 Å². The van der Waals surface area contributed by atoms with Gasteiger partial charge < -0.3 is 5.32 Å². The maximum Gasteiger partial charge on any atom is 0.249 e. The highest BCUT2D eigenvalue weighted by atomic mass is 16.1. The lowest BCUT2D eigenvalue weighted by Gasteiger charge is -2.04. The van der Waals surface area contributed by atoms with Gasteiger partial charge in [0.25, 0.3) is 0 Å². The lowest BCUT2D eigenvalue weighted by molar-refractivity contribution is -0.111. The standard InChI is InChI=1S/C24H22N4O/c1-16-6-8-19(9-7-16)23-20(28-14-12-17(2)15-21(28)26-23)10-11-22(29)27-24-18(3)5-4-13-25-24/h4-15H,1-3H3,(H,25,27,29)/b11-10+. The summed E-state index contributed by atoms with van der Waals surface area (Å²) in [5, 5.41) is 2.83. The average Bonchev–Trinajstić information content (AvgIpc) is 3.06. The summed E-state index contributed by atoms with van der Waals surface area (Å²) in [6.45, 7) is 6.01. The van der Waals surface area contributed by atoms with Crippen molar-refractivity contribution < 1.29 is 4.79 Å². The van der Waals surface area contributed by atoms with Crippen LogP contribution in [0.1, 0.15) is 22.4 Å². The van der Waals surface area contributed by atoms with Crippen LogP contribution in [0.25, 0.3) is 23.0 Å². The predicted octanol–water partition coefficient (Wildman–Crippen LogP) is 4.97. The minimum Gasteiger partial charge on any atom is -0.307 e. The number of imidazole rings is 1. The zero-order valence-corrected chi connectivity index (χ0v) is 16.7. The monoisotopic (exact) mass is 382 g/mol. The van der Waals surface area contributed by atoms with Crippen LogP contribution in [-0.2, 0) is 4.79 Å². The topological polar surface area (TPSA) is 59.3 Å². The van der Waals surface area contributed by atoms with E-state index < -0.39 is 0 Å². The molecule has 0 radical (unpaired) electrons. The van der Waals surface area contributed by atoms with Crippen molar-refractivity contribution in [2.45, 2.75) is 20.8 Å². The highest BCUT2D eigenvalue weighted by molar-refractivity contribution is 6.02. The van der Waals surface area contributed by atoms with E-state index in [9.17, 15) is 4.79 Å². The fourth-order valence-electron chi connectivity index (χ4n) is 3.18. The third-order valence-electron chi connectivity index (χ3n) is 4.79. The van der Waals surface area contributed by atoms with E-state index in [1.807, 2.05) is 48.7 Å². The van der Waals surface area contributed by atoms with Crippen molar-refractivity contribution in [3.63, 3.8) is 0 Å². The molecule has 144 valence electrons. The Labute approximate surface area is 169 Å². The third kappa shape index (κ3) is 3.94. The van der Waals surface area contributed by atoms with Crippen molar-refractivity contribution in [2.75, 3.05) is 5.32 Å². The van der Waals surface area contributed by atoms with Gasteiger partial charge in [-0.25, -0.2) is 9.97 Å². The summed E-state index contributed by atoms with van der Waals surface area (Å²) in [5.74, 6) is 0.332. The second kappa shape index (κ2) is 7.72. The first-order chi connectivity index (χ1) is 14.0. The van der Waals surface area contributed by atoms with Gasteiger partial charge >= 0.3 is 0 Å². The number of benzene rings is 1. The molecule has 29 heavy (non-hydrogen) atoms. The molecule has 0 fully saturated rings. The molecular formula is C24H22N4O. The van der Waals surface area contributed by atoms with Crippen LogP contribution in [0.2, 0.25) is 0 Å². The van der Waals surface area contributed by atoms with Gasteiger partial charge in [0.2, 0.25) is 5.91 Å². The number of carbonyl (C=O) groups excluding carboxylic acids is 1. The molecule has 0 saturated carbocycles. The largest absolute Gasteiger partial charge is 0.307 e.